The Labute approximate surface area is 151 Å². The van der Waals surface area contributed by atoms with E-state index in [1.165, 1.54) is 0 Å². The predicted molar refractivity (Wildman–Crippen MR) is 96.7 cm³/mol. The molecule has 5 nitrogen and oxygen atoms in total. The first kappa shape index (κ1) is 18.9. The van der Waals surface area contributed by atoms with Crippen LogP contribution in [0, 0.1) is 11.3 Å². The van der Waals surface area contributed by atoms with E-state index < -0.39 is 6.09 Å². The van der Waals surface area contributed by atoms with E-state index in [0.29, 0.717) is 31.1 Å². The summed E-state index contributed by atoms with van der Waals surface area (Å²) in [6.45, 7) is 9.27. The monoisotopic (exact) mass is 355 g/mol. The SMILES string of the molecule is CCC1C(N2CCC(N(CC)CCF)CC2)CC12CCN(C(=O)O)C2. The lowest BCUT2D eigenvalue weighted by molar-refractivity contribution is -0.0823. The normalized spacial score (nSPS) is 34.0. The predicted octanol–water partition coefficient (Wildman–Crippen LogP) is 2.91. The molecule has 6 heteroatoms. The van der Waals surface area contributed by atoms with E-state index in [1.807, 2.05) is 0 Å². The van der Waals surface area contributed by atoms with Crippen molar-refractivity contribution in [3.8, 4) is 0 Å². The van der Waals surface area contributed by atoms with E-state index in [2.05, 4.69) is 23.6 Å². The third-order valence-corrected chi connectivity index (χ3v) is 7.22. The van der Waals surface area contributed by atoms with Crippen LogP contribution in [0.1, 0.15) is 46.0 Å². The van der Waals surface area contributed by atoms with Crippen molar-refractivity contribution >= 4 is 6.09 Å². The van der Waals surface area contributed by atoms with Crippen LogP contribution in [0.25, 0.3) is 0 Å². The minimum Gasteiger partial charge on any atom is -0.465 e. The van der Waals surface area contributed by atoms with E-state index >= 15 is 0 Å². The van der Waals surface area contributed by atoms with Gasteiger partial charge < -0.3 is 10.0 Å². The van der Waals surface area contributed by atoms with Crippen LogP contribution in [0.15, 0.2) is 0 Å². The molecule has 1 N–H and O–H groups in total. The molecule has 2 heterocycles. The third-order valence-electron chi connectivity index (χ3n) is 7.22. The number of likely N-dealkylation sites (tertiary alicyclic amines) is 2. The molecular weight excluding hydrogens is 321 g/mol. The second-order valence-electron chi connectivity index (χ2n) is 8.19. The zero-order valence-electron chi connectivity index (χ0n) is 15.8. The first-order chi connectivity index (χ1) is 12.0. The molecule has 2 aliphatic heterocycles. The summed E-state index contributed by atoms with van der Waals surface area (Å²) in [5.74, 6) is 0.626. The van der Waals surface area contributed by atoms with E-state index in [-0.39, 0.29) is 12.1 Å². The number of carbonyl (C=O) groups is 1. The van der Waals surface area contributed by atoms with Crippen molar-refractivity contribution in [2.75, 3.05) is 45.9 Å². The van der Waals surface area contributed by atoms with Gasteiger partial charge >= 0.3 is 6.09 Å². The number of halogens is 1. The molecule has 0 aromatic heterocycles. The Morgan fingerprint density at radius 1 is 1.28 bits per heavy atom. The first-order valence-electron chi connectivity index (χ1n) is 10.1. The molecule has 3 rings (SSSR count). The number of piperidine rings is 1. The Kier molecular flexibility index (Phi) is 5.88. The van der Waals surface area contributed by atoms with Crippen LogP contribution < -0.4 is 0 Å². The van der Waals surface area contributed by atoms with E-state index in [1.54, 1.807) is 4.90 Å². The molecule has 0 aromatic rings. The van der Waals surface area contributed by atoms with E-state index in [4.69, 9.17) is 0 Å². The largest absolute Gasteiger partial charge is 0.465 e. The van der Waals surface area contributed by atoms with Gasteiger partial charge in [0.15, 0.2) is 0 Å². The molecule has 3 unspecified atom stereocenters. The lowest BCUT2D eigenvalue weighted by Gasteiger charge is -2.58. The second-order valence-corrected chi connectivity index (χ2v) is 8.19. The lowest BCUT2D eigenvalue weighted by atomic mass is 9.54. The molecule has 3 aliphatic rings. The summed E-state index contributed by atoms with van der Waals surface area (Å²) in [5, 5.41) is 9.27. The van der Waals surface area contributed by atoms with Gasteiger partial charge in [0.2, 0.25) is 0 Å². The fourth-order valence-corrected chi connectivity index (χ4v) is 5.86. The van der Waals surface area contributed by atoms with Crippen molar-refractivity contribution in [3.05, 3.63) is 0 Å². The molecule has 3 fully saturated rings. The molecule has 1 aliphatic carbocycles. The average Bonchev–Trinajstić information content (AvgIpc) is 3.06. The Balaban J connectivity index is 1.54. The molecule has 1 spiro atoms. The van der Waals surface area contributed by atoms with Crippen molar-refractivity contribution in [2.24, 2.45) is 11.3 Å². The maximum Gasteiger partial charge on any atom is 0.407 e. The van der Waals surface area contributed by atoms with Gasteiger partial charge in [0.05, 0.1) is 0 Å². The molecule has 1 amide bonds. The standard InChI is InChI=1S/C19H34FN3O2/c1-3-16-17(13-19(16)7-11-23(14-19)18(24)25)22-9-5-15(6-10-22)21(4-2)12-8-20/h15-17H,3-14H2,1-2H3,(H,24,25). The van der Waals surface area contributed by atoms with Crippen molar-refractivity contribution in [1.29, 1.82) is 0 Å². The highest BCUT2D eigenvalue weighted by Crippen LogP contribution is 2.56. The number of nitrogens with zero attached hydrogens (tertiary/aromatic N) is 3. The summed E-state index contributed by atoms with van der Waals surface area (Å²) < 4.78 is 12.7. The molecule has 1 saturated carbocycles. The van der Waals surface area contributed by atoms with Gasteiger partial charge in [-0.3, -0.25) is 9.80 Å². The topological polar surface area (TPSA) is 47.0 Å². The quantitative estimate of drug-likeness (QED) is 0.796. The van der Waals surface area contributed by atoms with Crippen LogP contribution in [0.3, 0.4) is 0 Å². The minimum atomic E-state index is -0.761. The number of rotatable bonds is 6. The fraction of sp³-hybridized carbons (Fsp3) is 0.947. The van der Waals surface area contributed by atoms with Crippen molar-refractivity contribution in [2.45, 2.75) is 58.0 Å². The summed E-state index contributed by atoms with van der Waals surface area (Å²) in [7, 11) is 0. The van der Waals surface area contributed by atoms with Crippen molar-refractivity contribution in [3.63, 3.8) is 0 Å². The van der Waals surface area contributed by atoms with Crippen LogP contribution in [0.4, 0.5) is 9.18 Å². The van der Waals surface area contributed by atoms with Gasteiger partial charge in [-0.15, -0.1) is 0 Å². The van der Waals surface area contributed by atoms with Gasteiger partial charge in [0.1, 0.15) is 6.67 Å². The number of amides is 1. The summed E-state index contributed by atoms with van der Waals surface area (Å²) >= 11 is 0. The Morgan fingerprint density at radius 3 is 2.52 bits per heavy atom. The van der Waals surface area contributed by atoms with Gasteiger partial charge in [-0.25, -0.2) is 9.18 Å². The molecule has 0 radical (unpaired) electrons. The van der Waals surface area contributed by atoms with Crippen LogP contribution in [0.5, 0.6) is 0 Å². The zero-order chi connectivity index (χ0) is 18.0. The second kappa shape index (κ2) is 7.78. The first-order valence-corrected chi connectivity index (χ1v) is 10.1. The smallest absolute Gasteiger partial charge is 0.407 e. The molecule has 0 aromatic carbocycles. The average molecular weight is 355 g/mol. The summed E-state index contributed by atoms with van der Waals surface area (Å²) in [5.41, 5.74) is 0.234. The maximum absolute atomic E-state index is 12.7. The molecular formula is C19H34FN3O2. The Morgan fingerprint density at radius 2 is 2.00 bits per heavy atom. The number of hydrogen-bond acceptors (Lipinski definition) is 3. The highest BCUT2D eigenvalue weighted by atomic mass is 19.1. The third kappa shape index (κ3) is 3.52. The zero-order valence-corrected chi connectivity index (χ0v) is 15.8. The molecule has 3 atom stereocenters. The van der Waals surface area contributed by atoms with Crippen molar-refractivity contribution < 1.29 is 14.3 Å². The summed E-state index contributed by atoms with van der Waals surface area (Å²) in [6, 6.07) is 1.15. The Bertz CT molecular complexity index is 470. The van der Waals surface area contributed by atoms with E-state index in [9.17, 15) is 14.3 Å². The van der Waals surface area contributed by atoms with Crippen LogP contribution in [-0.4, -0.2) is 83.9 Å². The highest BCUT2D eigenvalue weighted by Gasteiger charge is 2.57. The van der Waals surface area contributed by atoms with Crippen LogP contribution in [0.2, 0.25) is 0 Å². The molecule has 2 saturated heterocycles. The van der Waals surface area contributed by atoms with Gasteiger partial charge in [0.25, 0.3) is 0 Å². The maximum atomic E-state index is 12.7. The molecule has 144 valence electrons. The van der Waals surface area contributed by atoms with Crippen molar-refractivity contribution in [1.82, 2.24) is 14.7 Å². The van der Waals surface area contributed by atoms with Crippen LogP contribution >= 0.6 is 0 Å². The number of hydrogen-bond donors (Lipinski definition) is 1. The van der Waals surface area contributed by atoms with Gasteiger partial charge in [-0.2, -0.15) is 0 Å². The van der Waals surface area contributed by atoms with Gasteiger partial charge in [-0.05, 0) is 56.7 Å². The Hall–Kier alpha value is -0.880. The minimum absolute atomic E-state index is 0.234. The molecule has 25 heavy (non-hydrogen) atoms. The highest BCUT2D eigenvalue weighted by molar-refractivity contribution is 5.65. The lowest BCUT2D eigenvalue weighted by Crippen LogP contribution is -2.62. The number of alkyl halides is 1. The summed E-state index contributed by atoms with van der Waals surface area (Å²) in [4.78, 5) is 17.8. The molecule has 0 bridgehead atoms. The van der Waals surface area contributed by atoms with Gasteiger partial charge in [0, 0.05) is 31.7 Å². The fourth-order valence-electron chi connectivity index (χ4n) is 5.86. The summed E-state index contributed by atoms with van der Waals surface area (Å²) in [6.07, 6.45) is 4.83. The van der Waals surface area contributed by atoms with Gasteiger partial charge in [-0.1, -0.05) is 20.3 Å². The van der Waals surface area contributed by atoms with Crippen LogP contribution in [-0.2, 0) is 0 Å². The number of carboxylic acid groups (broad SMARTS) is 1. The van der Waals surface area contributed by atoms with E-state index in [0.717, 1.165) is 58.3 Å².